The van der Waals surface area contributed by atoms with Crippen LogP contribution in [0.25, 0.3) is 0 Å². The first-order valence-electron chi connectivity index (χ1n) is 5.63. The fourth-order valence-corrected chi connectivity index (χ4v) is 1.98. The monoisotopic (exact) mass is 271 g/mol. The van der Waals surface area contributed by atoms with Gasteiger partial charge in [-0.05, 0) is 13.3 Å². The summed E-state index contributed by atoms with van der Waals surface area (Å²) < 4.78 is 0. The van der Waals surface area contributed by atoms with Crippen molar-refractivity contribution in [1.82, 2.24) is 10.3 Å². The fourth-order valence-electron chi connectivity index (χ4n) is 1.22. The first-order valence-corrected chi connectivity index (χ1v) is 6.51. The van der Waals surface area contributed by atoms with E-state index < -0.39 is 11.9 Å². The molecule has 100 valence electrons. The normalized spacial score (nSPS) is 13.9. The molecule has 0 spiro atoms. The van der Waals surface area contributed by atoms with Gasteiger partial charge in [0.05, 0.1) is 12.0 Å². The Balaban J connectivity index is 2.43. The van der Waals surface area contributed by atoms with Crippen molar-refractivity contribution in [2.75, 3.05) is 6.54 Å². The first kappa shape index (κ1) is 14.6. The van der Waals surface area contributed by atoms with Gasteiger partial charge in [-0.1, -0.05) is 6.92 Å². The molecule has 0 fully saturated rings. The number of thiazole rings is 1. The molecule has 0 aromatic carbocycles. The summed E-state index contributed by atoms with van der Waals surface area (Å²) in [6, 6.07) is -0.191. The summed E-state index contributed by atoms with van der Waals surface area (Å²) in [6.07, 6.45) is 0.394. The lowest BCUT2D eigenvalue weighted by Crippen LogP contribution is -2.27. The van der Waals surface area contributed by atoms with Crippen molar-refractivity contribution in [1.29, 1.82) is 0 Å². The highest BCUT2D eigenvalue weighted by Gasteiger charge is 2.14. The Morgan fingerprint density at radius 3 is 2.72 bits per heavy atom. The van der Waals surface area contributed by atoms with Crippen molar-refractivity contribution in [3.05, 3.63) is 16.1 Å². The number of carboxylic acids is 1. The van der Waals surface area contributed by atoms with E-state index in [1.807, 2.05) is 0 Å². The van der Waals surface area contributed by atoms with E-state index in [1.165, 1.54) is 11.3 Å². The molecular formula is C11H17N3O3S. The summed E-state index contributed by atoms with van der Waals surface area (Å²) >= 11 is 1.34. The zero-order chi connectivity index (χ0) is 13.7. The molecule has 1 aromatic heterocycles. The Kier molecular flexibility index (Phi) is 5.24. The summed E-state index contributed by atoms with van der Waals surface area (Å²) in [6.45, 7) is 3.72. The van der Waals surface area contributed by atoms with E-state index in [1.54, 1.807) is 19.2 Å². The number of nitrogens with one attached hydrogen (secondary N) is 1. The van der Waals surface area contributed by atoms with Crippen molar-refractivity contribution in [2.24, 2.45) is 11.7 Å². The second kappa shape index (κ2) is 6.46. The zero-order valence-electron chi connectivity index (χ0n) is 10.3. The average Bonchev–Trinajstić information content (AvgIpc) is 2.77. The van der Waals surface area contributed by atoms with Crippen molar-refractivity contribution < 1.29 is 14.7 Å². The number of carbonyl (C=O) groups is 2. The Morgan fingerprint density at radius 2 is 2.22 bits per heavy atom. The number of carbonyl (C=O) groups excluding carboxylic acids is 1. The molecule has 1 heterocycles. The minimum Gasteiger partial charge on any atom is -0.481 e. The van der Waals surface area contributed by atoms with Crippen LogP contribution in [0.2, 0.25) is 0 Å². The number of nitrogens with two attached hydrogens (primary N) is 1. The average molecular weight is 271 g/mol. The number of nitrogens with zero attached hydrogens (tertiary/aromatic N) is 1. The van der Waals surface area contributed by atoms with Gasteiger partial charge in [0.25, 0.3) is 5.91 Å². The van der Waals surface area contributed by atoms with E-state index >= 15 is 0 Å². The highest BCUT2D eigenvalue weighted by molar-refractivity contribution is 7.09. The van der Waals surface area contributed by atoms with Gasteiger partial charge < -0.3 is 16.2 Å². The summed E-state index contributed by atoms with van der Waals surface area (Å²) in [5.41, 5.74) is 5.98. The molecule has 0 bridgehead atoms. The maximum Gasteiger partial charge on any atom is 0.306 e. The van der Waals surface area contributed by atoms with E-state index in [0.717, 1.165) is 0 Å². The summed E-state index contributed by atoms with van der Waals surface area (Å²) in [5, 5.41) is 13.7. The molecule has 6 nitrogen and oxygen atoms in total. The van der Waals surface area contributed by atoms with Crippen LogP contribution in [0.4, 0.5) is 0 Å². The molecule has 0 aliphatic heterocycles. The molecule has 0 saturated heterocycles. The highest BCUT2D eigenvalue weighted by Crippen LogP contribution is 2.15. The largest absolute Gasteiger partial charge is 0.481 e. The van der Waals surface area contributed by atoms with Crippen LogP contribution in [0.1, 0.15) is 41.8 Å². The predicted molar refractivity (Wildman–Crippen MR) is 68.5 cm³/mol. The summed E-state index contributed by atoms with van der Waals surface area (Å²) in [4.78, 5) is 26.4. The molecule has 1 rings (SSSR count). The second-order valence-corrected chi connectivity index (χ2v) is 5.03. The van der Waals surface area contributed by atoms with Crippen molar-refractivity contribution in [3.63, 3.8) is 0 Å². The van der Waals surface area contributed by atoms with E-state index in [2.05, 4.69) is 10.3 Å². The van der Waals surface area contributed by atoms with Crippen molar-refractivity contribution in [3.8, 4) is 0 Å². The number of carboxylic acid groups (broad SMARTS) is 1. The maximum atomic E-state index is 11.7. The van der Waals surface area contributed by atoms with Crippen LogP contribution in [0.15, 0.2) is 5.38 Å². The van der Waals surface area contributed by atoms with Crippen LogP contribution in [0, 0.1) is 5.92 Å². The minimum atomic E-state index is -0.864. The zero-order valence-corrected chi connectivity index (χ0v) is 11.2. The SMILES string of the molecule is CC(CCNC(=O)c1csc(C(C)N)n1)C(=O)O. The standard InChI is InChI=1S/C11H17N3O3S/c1-6(11(16)17)3-4-13-9(15)8-5-18-10(14-8)7(2)12/h5-7H,3-4,12H2,1-2H3,(H,13,15)(H,16,17). The van der Waals surface area contributed by atoms with Crippen LogP contribution in [0.3, 0.4) is 0 Å². The molecule has 4 N–H and O–H groups in total. The minimum absolute atomic E-state index is 0.191. The number of aliphatic carboxylic acids is 1. The third kappa shape index (κ3) is 4.08. The van der Waals surface area contributed by atoms with Crippen molar-refractivity contribution in [2.45, 2.75) is 26.3 Å². The Bertz CT molecular complexity index is 431. The van der Waals surface area contributed by atoms with Crippen LogP contribution in [-0.4, -0.2) is 28.5 Å². The van der Waals surface area contributed by atoms with Gasteiger partial charge >= 0.3 is 5.97 Å². The van der Waals surface area contributed by atoms with Gasteiger partial charge in [0, 0.05) is 11.9 Å². The molecule has 1 aromatic rings. The Morgan fingerprint density at radius 1 is 1.56 bits per heavy atom. The van der Waals surface area contributed by atoms with E-state index in [4.69, 9.17) is 10.8 Å². The molecule has 1 amide bonds. The number of hydrogen-bond acceptors (Lipinski definition) is 5. The molecule has 0 aliphatic rings. The van der Waals surface area contributed by atoms with E-state index in [9.17, 15) is 9.59 Å². The smallest absolute Gasteiger partial charge is 0.306 e. The molecule has 18 heavy (non-hydrogen) atoms. The Hall–Kier alpha value is -1.47. The van der Waals surface area contributed by atoms with E-state index in [-0.39, 0.29) is 11.9 Å². The second-order valence-electron chi connectivity index (χ2n) is 4.14. The van der Waals surface area contributed by atoms with Crippen LogP contribution >= 0.6 is 11.3 Å². The number of rotatable bonds is 6. The third-order valence-electron chi connectivity index (χ3n) is 2.43. The van der Waals surface area contributed by atoms with Gasteiger partial charge in [0.1, 0.15) is 10.7 Å². The predicted octanol–water partition coefficient (Wildman–Crippen LogP) is 1.00. The van der Waals surface area contributed by atoms with Crippen molar-refractivity contribution >= 4 is 23.2 Å². The quantitative estimate of drug-likeness (QED) is 0.716. The number of amides is 1. The molecule has 0 saturated carbocycles. The third-order valence-corrected chi connectivity index (χ3v) is 3.47. The molecular weight excluding hydrogens is 254 g/mol. The lowest BCUT2D eigenvalue weighted by molar-refractivity contribution is -0.141. The number of aromatic nitrogens is 1. The first-order chi connectivity index (χ1) is 8.41. The lowest BCUT2D eigenvalue weighted by atomic mass is 10.1. The van der Waals surface area contributed by atoms with E-state index in [0.29, 0.717) is 23.7 Å². The van der Waals surface area contributed by atoms with Gasteiger partial charge in [-0.15, -0.1) is 11.3 Å². The van der Waals surface area contributed by atoms with Gasteiger partial charge in [-0.2, -0.15) is 0 Å². The Labute approximate surface area is 109 Å². The lowest BCUT2D eigenvalue weighted by Gasteiger charge is -2.06. The highest BCUT2D eigenvalue weighted by atomic mass is 32.1. The summed E-state index contributed by atoms with van der Waals surface area (Å²) in [5.74, 6) is -1.63. The fraction of sp³-hybridized carbons (Fsp3) is 0.545. The molecule has 7 heteroatoms. The maximum absolute atomic E-state index is 11.7. The summed E-state index contributed by atoms with van der Waals surface area (Å²) in [7, 11) is 0. The van der Waals surface area contributed by atoms with Crippen LogP contribution < -0.4 is 11.1 Å². The van der Waals surface area contributed by atoms with Crippen LogP contribution in [-0.2, 0) is 4.79 Å². The molecule has 2 atom stereocenters. The topological polar surface area (TPSA) is 105 Å². The van der Waals surface area contributed by atoms with Gasteiger partial charge in [-0.3, -0.25) is 9.59 Å². The molecule has 0 radical (unpaired) electrons. The van der Waals surface area contributed by atoms with Crippen LogP contribution in [0.5, 0.6) is 0 Å². The number of hydrogen-bond donors (Lipinski definition) is 3. The molecule has 0 aliphatic carbocycles. The van der Waals surface area contributed by atoms with Gasteiger partial charge in [0.2, 0.25) is 0 Å². The molecule has 2 unspecified atom stereocenters. The van der Waals surface area contributed by atoms with Gasteiger partial charge in [-0.25, -0.2) is 4.98 Å². The van der Waals surface area contributed by atoms with Gasteiger partial charge in [0.15, 0.2) is 0 Å².